The molecule has 0 atom stereocenters. The number of ketones is 1. The van der Waals surface area contributed by atoms with Gasteiger partial charge in [-0.05, 0) is 47.7 Å². The number of hydrogen-bond acceptors (Lipinski definition) is 3. The van der Waals surface area contributed by atoms with Crippen LogP contribution in [-0.2, 0) is 11.2 Å². The van der Waals surface area contributed by atoms with Crippen molar-refractivity contribution in [2.75, 3.05) is 11.9 Å². The summed E-state index contributed by atoms with van der Waals surface area (Å²) in [6.45, 7) is 2.04. The molecule has 1 heterocycles. The third-order valence-corrected chi connectivity index (χ3v) is 3.98. The van der Waals surface area contributed by atoms with E-state index in [0.717, 1.165) is 29.0 Å². The number of aryl methyl sites for hydroxylation is 1. The smallest absolute Gasteiger partial charge is 0.213 e. The standard InChI is InChI=1S/C15H15NO2S/c1-3-11-8-9-19-15(11)14(18)12-4-6-13(7-5-12)16(2)10-17/h4-10H,3H2,1-2H3. The van der Waals surface area contributed by atoms with E-state index in [1.54, 1.807) is 31.3 Å². The number of nitrogens with zero attached hydrogens (tertiary/aromatic N) is 1. The van der Waals surface area contributed by atoms with E-state index in [4.69, 9.17) is 0 Å². The van der Waals surface area contributed by atoms with Crippen LogP contribution in [0.2, 0.25) is 0 Å². The molecular weight excluding hydrogens is 258 g/mol. The molecule has 0 N–H and O–H groups in total. The first-order valence-electron chi connectivity index (χ1n) is 6.06. The fourth-order valence-corrected chi connectivity index (χ4v) is 2.81. The van der Waals surface area contributed by atoms with Crippen molar-refractivity contribution in [1.29, 1.82) is 0 Å². The van der Waals surface area contributed by atoms with Crippen molar-refractivity contribution in [1.82, 2.24) is 0 Å². The summed E-state index contributed by atoms with van der Waals surface area (Å²) in [5, 5.41) is 1.95. The van der Waals surface area contributed by atoms with Gasteiger partial charge < -0.3 is 4.90 Å². The van der Waals surface area contributed by atoms with Gasteiger partial charge in [-0.15, -0.1) is 11.3 Å². The summed E-state index contributed by atoms with van der Waals surface area (Å²) >= 11 is 1.48. The van der Waals surface area contributed by atoms with Crippen LogP contribution in [0.1, 0.15) is 27.7 Å². The van der Waals surface area contributed by atoms with Crippen molar-refractivity contribution < 1.29 is 9.59 Å². The fraction of sp³-hybridized carbons (Fsp3) is 0.200. The Kier molecular flexibility index (Phi) is 4.12. The molecule has 0 spiro atoms. The van der Waals surface area contributed by atoms with Crippen LogP contribution in [0.25, 0.3) is 0 Å². The van der Waals surface area contributed by atoms with Crippen molar-refractivity contribution in [2.24, 2.45) is 0 Å². The molecule has 3 nitrogen and oxygen atoms in total. The van der Waals surface area contributed by atoms with Crippen LogP contribution in [0.5, 0.6) is 0 Å². The molecule has 0 bridgehead atoms. The van der Waals surface area contributed by atoms with Gasteiger partial charge in [-0.3, -0.25) is 9.59 Å². The van der Waals surface area contributed by atoms with E-state index >= 15 is 0 Å². The molecule has 0 fully saturated rings. The zero-order valence-corrected chi connectivity index (χ0v) is 11.7. The van der Waals surface area contributed by atoms with Crippen molar-refractivity contribution in [2.45, 2.75) is 13.3 Å². The van der Waals surface area contributed by atoms with Crippen molar-refractivity contribution in [3.8, 4) is 0 Å². The van der Waals surface area contributed by atoms with Gasteiger partial charge in [0.1, 0.15) is 0 Å². The molecule has 0 aliphatic rings. The molecule has 4 heteroatoms. The van der Waals surface area contributed by atoms with Gasteiger partial charge in [0.15, 0.2) is 0 Å². The summed E-state index contributed by atoms with van der Waals surface area (Å²) in [7, 11) is 1.68. The van der Waals surface area contributed by atoms with Gasteiger partial charge in [-0.2, -0.15) is 0 Å². The Bertz CT molecular complexity index is 586. The van der Waals surface area contributed by atoms with Crippen molar-refractivity contribution in [3.63, 3.8) is 0 Å². The minimum atomic E-state index is 0.0483. The second kappa shape index (κ2) is 5.80. The van der Waals surface area contributed by atoms with Gasteiger partial charge in [0.05, 0.1) is 4.88 Å². The van der Waals surface area contributed by atoms with E-state index in [1.165, 1.54) is 16.2 Å². The summed E-state index contributed by atoms with van der Waals surface area (Å²) in [5.74, 6) is 0.0483. The topological polar surface area (TPSA) is 37.4 Å². The third kappa shape index (κ3) is 2.74. The number of anilines is 1. The van der Waals surface area contributed by atoms with E-state index in [9.17, 15) is 9.59 Å². The molecule has 0 aliphatic carbocycles. The molecular formula is C15H15NO2S. The highest BCUT2D eigenvalue weighted by atomic mass is 32.1. The largest absolute Gasteiger partial charge is 0.318 e. The average Bonchev–Trinajstić information content (AvgIpc) is 2.94. The van der Waals surface area contributed by atoms with E-state index in [2.05, 4.69) is 0 Å². The summed E-state index contributed by atoms with van der Waals surface area (Å²) in [6.07, 6.45) is 1.60. The molecule has 1 aromatic carbocycles. The number of rotatable bonds is 5. The van der Waals surface area contributed by atoms with Crippen LogP contribution in [0.4, 0.5) is 5.69 Å². The highest BCUT2D eigenvalue weighted by Crippen LogP contribution is 2.22. The normalized spacial score (nSPS) is 10.2. The summed E-state index contributed by atoms with van der Waals surface area (Å²) in [4.78, 5) is 25.3. The number of hydrogen-bond donors (Lipinski definition) is 0. The summed E-state index contributed by atoms with van der Waals surface area (Å²) < 4.78 is 0. The second-order valence-electron chi connectivity index (χ2n) is 4.22. The second-order valence-corrected chi connectivity index (χ2v) is 5.14. The van der Waals surface area contributed by atoms with Gasteiger partial charge >= 0.3 is 0 Å². The van der Waals surface area contributed by atoms with E-state index in [-0.39, 0.29) is 5.78 Å². The predicted octanol–water partition coefficient (Wildman–Crippen LogP) is 3.13. The molecule has 1 aromatic heterocycles. The van der Waals surface area contributed by atoms with Gasteiger partial charge in [-0.1, -0.05) is 6.92 Å². The quantitative estimate of drug-likeness (QED) is 0.620. The minimum Gasteiger partial charge on any atom is -0.318 e. The first kappa shape index (κ1) is 13.5. The summed E-state index contributed by atoms with van der Waals surface area (Å²) in [6, 6.07) is 9.07. The first-order valence-corrected chi connectivity index (χ1v) is 6.94. The van der Waals surface area contributed by atoms with E-state index in [0.29, 0.717) is 5.56 Å². The van der Waals surface area contributed by atoms with Crippen molar-refractivity contribution in [3.05, 3.63) is 51.7 Å². The predicted molar refractivity (Wildman–Crippen MR) is 78.0 cm³/mol. The lowest BCUT2D eigenvalue weighted by atomic mass is 10.1. The van der Waals surface area contributed by atoms with Crippen LogP contribution >= 0.6 is 11.3 Å². The van der Waals surface area contributed by atoms with Gasteiger partial charge in [-0.25, -0.2) is 0 Å². The first-order chi connectivity index (χ1) is 9.17. The highest BCUT2D eigenvalue weighted by molar-refractivity contribution is 7.12. The molecule has 1 amide bonds. The number of benzene rings is 1. The Morgan fingerprint density at radius 1 is 1.26 bits per heavy atom. The van der Waals surface area contributed by atoms with Crippen LogP contribution < -0.4 is 4.90 Å². The maximum Gasteiger partial charge on any atom is 0.213 e. The van der Waals surface area contributed by atoms with Crippen LogP contribution in [0, 0.1) is 0 Å². The maximum absolute atomic E-state index is 12.4. The Labute approximate surface area is 116 Å². The lowest BCUT2D eigenvalue weighted by Crippen LogP contribution is -2.13. The van der Waals surface area contributed by atoms with Crippen LogP contribution in [0.15, 0.2) is 35.7 Å². The highest BCUT2D eigenvalue weighted by Gasteiger charge is 2.14. The van der Waals surface area contributed by atoms with Crippen LogP contribution in [-0.4, -0.2) is 19.2 Å². The van der Waals surface area contributed by atoms with Gasteiger partial charge in [0.2, 0.25) is 12.2 Å². The third-order valence-electron chi connectivity index (χ3n) is 3.03. The van der Waals surface area contributed by atoms with Crippen LogP contribution in [0.3, 0.4) is 0 Å². The average molecular weight is 273 g/mol. The molecule has 0 saturated carbocycles. The Morgan fingerprint density at radius 3 is 2.53 bits per heavy atom. The molecule has 0 unspecified atom stereocenters. The van der Waals surface area contributed by atoms with E-state index < -0.39 is 0 Å². The Hall–Kier alpha value is -1.94. The SMILES string of the molecule is CCc1ccsc1C(=O)c1ccc(N(C)C=O)cc1. The number of carbonyl (C=O) groups excluding carboxylic acids is 2. The molecule has 0 aliphatic heterocycles. The maximum atomic E-state index is 12.4. The lowest BCUT2D eigenvalue weighted by molar-refractivity contribution is -0.107. The van der Waals surface area contributed by atoms with E-state index in [1.807, 2.05) is 18.4 Å². The molecule has 19 heavy (non-hydrogen) atoms. The lowest BCUT2D eigenvalue weighted by Gasteiger charge is -2.10. The zero-order valence-electron chi connectivity index (χ0n) is 10.9. The molecule has 0 saturated heterocycles. The minimum absolute atomic E-state index is 0.0483. The number of thiophene rings is 1. The number of carbonyl (C=O) groups is 2. The van der Waals surface area contributed by atoms with Gasteiger partial charge in [0.25, 0.3) is 0 Å². The zero-order chi connectivity index (χ0) is 13.8. The summed E-state index contributed by atoms with van der Waals surface area (Å²) in [5.41, 5.74) is 2.51. The molecule has 98 valence electrons. The Morgan fingerprint density at radius 2 is 1.95 bits per heavy atom. The Balaban J connectivity index is 2.27. The molecule has 0 radical (unpaired) electrons. The fourth-order valence-electron chi connectivity index (χ4n) is 1.85. The monoisotopic (exact) mass is 273 g/mol. The molecule has 2 aromatic rings. The van der Waals surface area contributed by atoms with Crippen molar-refractivity contribution >= 4 is 29.2 Å². The number of amides is 1. The van der Waals surface area contributed by atoms with Gasteiger partial charge in [0, 0.05) is 18.3 Å². The molecule has 2 rings (SSSR count).